The summed E-state index contributed by atoms with van der Waals surface area (Å²) in [5.74, 6) is 0. The monoisotopic (exact) mass is 262 g/mol. The molecule has 0 aromatic heterocycles. The van der Waals surface area contributed by atoms with Gasteiger partial charge in [0, 0.05) is 32.8 Å². The third-order valence-electron chi connectivity index (χ3n) is 3.64. The van der Waals surface area contributed by atoms with Gasteiger partial charge in [-0.05, 0) is 32.4 Å². The zero-order valence-electron chi connectivity index (χ0n) is 12.2. The van der Waals surface area contributed by atoms with Crippen LogP contribution in [-0.4, -0.2) is 44.3 Å². The van der Waals surface area contributed by atoms with Gasteiger partial charge >= 0.3 is 0 Å². The van der Waals surface area contributed by atoms with Crippen molar-refractivity contribution in [2.75, 3.05) is 33.3 Å². The molecule has 1 aromatic carbocycles. The second-order valence-electron chi connectivity index (χ2n) is 5.56. The normalized spacial score (nSPS) is 19.2. The molecule has 0 saturated carbocycles. The van der Waals surface area contributed by atoms with Gasteiger partial charge < -0.3 is 15.0 Å². The largest absolute Gasteiger partial charge is 0.377 e. The Labute approximate surface area is 116 Å². The number of benzene rings is 1. The first kappa shape index (κ1) is 14.5. The maximum atomic E-state index is 5.59. The third-order valence-corrected chi connectivity index (χ3v) is 3.64. The number of nitrogens with one attached hydrogen (secondary N) is 1. The van der Waals surface area contributed by atoms with Crippen molar-refractivity contribution in [2.45, 2.75) is 32.4 Å². The number of hydrogen-bond acceptors (Lipinski definition) is 3. The summed E-state index contributed by atoms with van der Waals surface area (Å²) in [6.07, 6.45) is 2.88. The molecule has 1 aliphatic heterocycles. The molecule has 0 spiro atoms. The minimum absolute atomic E-state index is 0.447. The molecule has 1 fully saturated rings. The molecule has 1 saturated heterocycles. The lowest BCUT2D eigenvalue weighted by molar-refractivity contribution is 0.109. The first-order valence-corrected chi connectivity index (χ1v) is 7.30. The van der Waals surface area contributed by atoms with Crippen LogP contribution >= 0.6 is 0 Å². The Morgan fingerprint density at radius 2 is 2.11 bits per heavy atom. The Morgan fingerprint density at radius 1 is 1.32 bits per heavy atom. The summed E-state index contributed by atoms with van der Waals surface area (Å²) in [4.78, 5) is 2.35. The van der Waals surface area contributed by atoms with E-state index in [0.717, 1.165) is 32.8 Å². The number of aryl methyl sites for hydroxylation is 1. The smallest absolute Gasteiger partial charge is 0.0700 e. The van der Waals surface area contributed by atoms with Gasteiger partial charge in [-0.2, -0.15) is 0 Å². The lowest BCUT2D eigenvalue weighted by atomic mass is 10.1. The van der Waals surface area contributed by atoms with Crippen molar-refractivity contribution in [3.8, 4) is 0 Å². The summed E-state index contributed by atoms with van der Waals surface area (Å²) in [6.45, 7) is 7.19. The highest BCUT2D eigenvalue weighted by Gasteiger charge is 2.14. The van der Waals surface area contributed by atoms with Crippen molar-refractivity contribution in [3.05, 3.63) is 35.4 Å². The predicted molar refractivity (Wildman–Crippen MR) is 79.4 cm³/mol. The molecule has 19 heavy (non-hydrogen) atoms. The minimum Gasteiger partial charge on any atom is -0.377 e. The van der Waals surface area contributed by atoms with Crippen molar-refractivity contribution >= 4 is 0 Å². The van der Waals surface area contributed by atoms with Crippen LogP contribution in [0.4, 0.5) is 0 Å². The lowest BCUT2D eigenvalue weighted by Crippen LogP contribution is -2.33. The van der Waals surface area contributed by atoms with Crippen LogP contribution in [0.5, 0.6) is 0 Å². The number of likely N-dealkylation sites (N-methyl/N-ethyl adjacent to an activating group) is 1. The number of hydrogen-bond donors (Lipinski definition) is 1. The molecule has 2 rings (SSSR count). The quantitative estimate of drug-likeness (QED) is 0.762. The molecule has 1 N–H and O–H groups in total. The topological polar surface area (TPSA) is 24.5 Å². The Morgan fingerprint density at radius 3 is 2.79 bits per heavy atom. The number of rotatable bonds is 7. The van der Waals surface area contributed by atoms with Gasteiger partial charge in [-0.1, -0.05) is 29.8 Å². The van der Waals surface area contributed by atoms with Crippen LogP contribution in [0.15, 0.2) is 24.3 Å². The highest BCUT2D eigenvalue weighted by Crippen LogP contribution is 2.10. The van der Waals surface area contributed by atoms with Crippen LogP contribution in [0.3, 0.4) is 0 Å². The molecular formula is C16H26N2O. The van der Waals surface area contributed by atoms with E-state index in [0.29, 0.717) is 6.10 Å². The maximum Gasteiger partial charge on any atom is 0.0700 e. The minimum atomic E-state index is 0.447. The average Bonchev–Trinajstić information content (AvgIpc) is 2.91. The third kappa shape index (κ3) is 5.31. The zero-order chi connectivity index (χ0) is 13.5. The van der Waals surface area contributed by atoms with Gasteiger partial charge in [0.1, 0.15) is 0 Å². The van der Waals surface area contributed by atoms with E-state index < -0.39 is 0 Å². The van der Waals surface area contributed by atoms with Crippen molar-refractivity contribution in [1.82, 2.24) is 10.2 Å². The number of nitrogens with zero attached hydrogens (tertiary/aromatic N) is 1. The van der Waals surface area contributed by atoms with E-state index in [9.17, 15) is 0 Å². The standard InChI is InChI=1S/C16H26N2O/c1-14-5-7-15(8-6-14)13-18(2)10-9-17-12-16-4-3-11-19-16/h5-8,16-17H,3-4,9-13H2,1-2H3. The van der Waals surface area contributed by atoms with Crippen LogP contribution in [0.2, 0.25) is 0 Å². The van der Waals surface area contributed by atoms with E-state index in [1.165, 1.54) is 24.0 Å². The van der Waals surface area contributed by atoms with Gasteiger partial charge in [0.15, 0.2) is 0 Å². The molecule has 0 amide bonds. The SMILES string of the molecule is Cc1ccc(CN(C)CCNCC2CCCO2)cc1. The van der Waals surface area contributed by atoms with E-state index in [1.807, 2.05) is 0 Å². The molecule has 1 atom stereocenters. The van der Waals surface area contributed by atoms with Gasteiger partial charge in [-0.3, -0.25) is 0 Å². The van der Waals surface area contributed by atoms with E-state index in [2.05, 4.69) is 48.5 Å². The second-order valence-corrected chi connectivity index (χ2v) is 5.56. The van der Waals surface area contributed by atoms with E-state index >= 15 is 0 Å². The molecule has 0 bridgehead atoms. The molecule has 1 aromatic rings. The van der Waals surface area contributed by atoms with E-state index in [1.54, 1.807) is 0 Å². The first-order valence-electron chi connectivity index (χ1n) is 7.30. The van der Waals surface area contributed by atoms with Crippen LogP contribution < -0.4 is 5.32 Å². The fourth-order valence-corrected chi connectivity index (χ4v) is 2.42. The predicted octanol–water partition coefficient (Wildman–Crippen LogP) is 2.20. The fraction of sp³-hybridized carbons (Fsp3) is 0.625. The summed E-state index contributed by atoms with van der Waals surface area (Å²) >= 11 is 0. The van der Waals surface area contributed by atoms with Gasteiger partial charge in [0.25, 0.3) is 0 Å². The van der Waals surface area contributed by atoms with E-state index in [4.69, 9.17) is 4.74 Å². The van der Waals surface area contributed by atoms with Crippen LogP contribution in [0.1, 0.15) is 24.0 Å². The Bertz CT molecular complexity index is 358. The molecular weight excluding hydrogens is 236 g/mol. The molecule has 3 heteroatoms. The van der Waals surface area contributed by atoms with Crippen LogP contribution in [-0.2, 0) is 11.3 Å². The molecule has 106 valence electrons. The summed E-state index contributed by atoms with van der Waals surface area (Å²) < 4.78 is 5.59. The van der Waals surface area contributed by atoms with Gasteiger partial charge in [-0.25, -0.2) is 0 Å². The summed E-state index contributed by atoms with van der Waals surface area (Å²) in [5.41, 5.74) is 2.71. The number of ether oxygens (including phenoxy) is 1. The van der Waals surface area contributed by atoms with Crippen molar-refractivity contribution in [1.29, 1.82) is 0 Å². The summed E-state index contributed by atoms with van der Waals surface area (Å²) in [5, 5.41) is 3.49. The van der Waals surface area contributed by atoms with Crippen molar-refractivity contribution in [2.24, 2.45) is 0 Å². The Balaban J connectivity index is 1.58. The lowest BCUT2D eigenvalue weighted by Gasteiger charge is -2.18. The van der Waals surface area contributed by atoms with Gasteiger partial charge in [-0.15, -0.1) is 0 Å². The molecule has 3 nitrogen and oxygen atoms in total. The zero-order valence-corrected chi connectivity index (χ0v) is 12.2. The maximum absolute atomic E-state index is 5.59. The highest BCUT2D eigenvalue weighted by atomic mass is 16.5. The molecule has 0 radical (unpaired) electrons. The molecule has 1 heterocycles. The van der Waals surface area contributed by atoms with Crippen molar-refractivity contribution in [3.63, 3.8) is 0 Å². The average molecular weight is 262 g/mol. The Hall–Kier alpha value is -0.900. The summed E-state index contributed by atoms with van der Waals surface area (Å²) in [7, 11) is 2.17. The summed E-state index contributed by atoms with van der Waals surface area (Å²) in [6, 6.07) is 8.79. The molecule has 1 aliphatic rings. The van der Waals surface area contributed by atoms with Crippen LogP contribution in [0, 0.1) is 6.92 Å². The molecule has 0 aliphatic carbocycles. The van der Waals surface area contributed by atoms with Crippen LogP contribution in [0.25, 0.3) is 0 Å². The highest BCUT2D eigenvalue weighted by molar-refractivity contribution is 5.21. The Kier molecular flexibility index (Phi) is 5.83. The van der Waals surface area contributed by atoms with Crippen molar-refractivity contribution < 1.29 is 4.74 Å². The first-order chi connectivity index (χ1) is 9.24. The van der Waals surface area contributed by atoms with Gasteiger partial charge in [0.2, 0.25) is 0 Å². The molecule has 1 unspecified atom stereocenters. The fourth-order valence-electron chi connectivity index (χ4n) is 2.42. The van der Waals surface area contributed by atoms with Gasteiger partial charge in [0.05, 0.1) is 6.10 Å². The second kappa shape index (κ2) is 7.63. The van der Waals surface area contributed by atoms with E-state index in [-0.39, 0.29) is 0 Å².